The molecule has 0 radical (unpaired) electrons. The lowest BCUT2D eigenvalue weighted by Crippen LogP contribution is -2.53. The summed E-state index contributed by atoms with van der Waals surface area (Å²) in [5.74, 6) is 3.20. The zero-order valence-electron chi connectivity index (χ0n) is 25.0. The largest absolute Gasteiger partial charge is 0.320 e. The summed E-state index contributed by atoms with van der Waals surface area (Å²) in [6.07, 6.45) is 4.19. The third-order valence-electron chi connectivity index (χ3n) is 9.66. The monoisotopic (exact) mass is 540 g/mol. The van der Waals surface area contributed by atoms with Crippen LogP contribution in [0.15, 0.2) is 42.7 Å². The number of piperazine rings is 1. The minimum absolute atomic E-state index is 0.114. The van der Waals surface area contributed by atoms with Crippen LogP contribution in [0.25, 0.3) is 0 Å². The van der Waals surface area contributed by atoms with Crippen molar-refractivity contribution in [3.8, 4) is 0 Å². The summed E-state index contributed by atoms with van der Waals surface area (Å²) in [6.45, 7) is 13.9. The molecule has 1 aliphatic carbocycles. The van der Waals surface area contributed by atoms with Crippen LogP contribution in [-0.4, -0.2) is 63.2 Å². The standard InChI is InChI=1S/C33H44N6O/c1-21(2)30-19-36(5)10-11-38(30)17-24-14-23(4)29-18-39(33(40)28(29)15-24)27-9-7-8-25(16-27)31(26-12-22(3)13-26)32-35-34-20-37(32)6/h7-9,14-16,20-22,26,30-31H,10-13,17-19H2,1-6H3/t22?,26?,30-,31+/m1/s1. The average molecular weight is 541 g/mol. The van der Waals surface area contributed by atoms with E-state index in [0.717, 1.165) is 54.7 Å². The Kier molecular flexibility index (Phi) is 7.30. The zero-order chi connectivity index (χ0) is 28.1. The first-order valence-corrected chi connectivity index (χ1v) is 15.0. The maximum absolute atomic E-state index is 13.9. The van der Waals surface area contributed by atoms with Gasteiger partial charge in [-0.2, -0.15) is 0 Å². The highest BCUT2D eigenvalue weighted by Gasteiger charge is 2.38. The molecule has 1 saturated heterocycles. The number of fused-ring (bicyclic) bond motifs is 1. The third kappa shape index (κ3) is 4.99. The van der Waals surface area contributed by atoms with Crippen molar-refractivity contribution in [2.45, 2.75) is 65.6 Å². The summed E-state index contributed by atoms with van der Waals surface area (Å²) in [6, 6.07) is 13.6. The van der Waals surface area contributed by atoms with E-state index < -0.39 is 0 Å². The highest BCUT2D eigenvalue weighted by molar-refractivity contribution is 6.10. The fourth-order valence-electron chi connectivity index (χ4n) is 7.35. The Bertz CT molecular complexity index is 1390. The third-order valence-corrected chi connectivity index (χ3v) is 9.66. The van der Waals surface area contributed by atoms with Crippen LogP contribution in [-0.2, 0) is 20.1 Å². The Hall–Kier alpha value is -3.03. The average Bonchev–Trinajstić information content (AvgIpc) is 3.47. The quantitative estimate of drug-likeness (QED) is 0.411. The number of aryl methyl sites for hydroxylation is 2. The normalized spacial score (nSPS) is 24.4. The highest BCUT2D eigenvalue weighted by atomic mass is 16.2. The molecule has 0 unspecified atom stereocenters. The highest BCUT2D eigenvalue weighted by Crippen LogP contribution is 2.46. The SMILES string of the molecule is Cc1cc(CN2CCN(C)C[C@@H]2C(C)C)cc2c1CN(c1cccc([C@H](c3nncn3C)C3CC(C)C3)c1)C2=O. The van der Waals surface area contributed by atoms with Crippen LogP contribution in [0.3, 0.4) is 0 Å². The van der Waals surface area contributed by atoms with Gasteiger partial charge >= 0.3 is 0 Å². The van der Waals surface area contributed by atoms with Crippen LogP contribution in [0.2, 0.25) is 0 Å². The Morgan fingerprint density at radius 2 is 1.88 bits per heavy atom. The maximum atomic E-state index is 13.9. The lowest BCUT2D eigenvalue weighted by Gasteiger charge is -2.42. The molecular weight excluding hydrogens is 496 g/mol. The van der Waals surface area contributed by atoms with Crippen molar-refractivity contribution in [3.05, 3.63) is 76.4 Å². The fourth-order valence-corrected chi connectivity index (χ4v) is 7.35. The number of benzene rings is 2. The molecule has 1 aromatic heterocycles. The van der Waals surface area contributed by atoms with Gasteiger partial charge in [-0.15, -0.1) is 10.2 Å². The van der Waals surface area contributed by atoms with Crippen molar-refractivity contribution >= 4 is 11.6 Å². The summed E-state index contributed by atoms with van der Waals surface area (Å²) in [7, 11) is 4.25. The second-order valence-electron chi connectivity index (χ2n) is 13.1. The van der Waals surface area contributed by atoms with Crippen molar-refractivity contribution < 1.29 is 4.79 Å². The van der Waals surface area contributed by atoms with Gasteiger partial charge in [0.1, 0.15) is 12.2 Å². The molecule has 7 nitrogen and oxygen atoms in total. The lowest BCUT2D eigenvalue weighted by molar-refractivity contribution is 0.0571. The van der Waals surface area contributed by atoms with E-state index in [-0.39, 0.29) is 11.8 Å². The minimum atomic E-state index is 0.114. The summed E-state index contributed by atoms with van der Waals surface area (Å²) < 4.78 is 2.05. The Morgan fingerprint density at radius 3 is 2.58 bits per heavy atom. The van der Waals surface area contributed by atoms with Gasteiger partial charge in [0.2, 0.25) is 0 Å². The molecule has 2 atom stereocenters. The molecular formula is C33H44N6O. The van der Waals surface area contributed by atoms with Gasteiger partial charge in [-0.3, -0.25) is 9.69 Å². The molecule has 0 N–H and O–H groups in total. The Balaban J connectivity index is 1.26. The summed E-state index contributed by atoms with van der Waals surface area (Å²) in [5.41, 5.74) is 6.69. The zero-order valence-corrected chi connectivity index (χ0v) is 25.0. The first kappa shape index (κ1) is 27.2. The number of aromatic nitrogens is 3. The van der Waals surface area contributed by atoms with E-state index in [1.165, 1.54) is 29.5 Å². The molecule has 3 aromatic rings. The molecule has 40 heavy (non-hydrogen) atoms. The molecule has 1 amide bonds. The predicted molar refractivity (Wildman–Crippen MR) is 159 cm³/mol. The lowest BCUT2D eigenvalue weighted by atomic mass is 9.67. The number of hydrogen-bond acceptors (Lipinski definition) is 5. The number of carbonyl (C=O) groups excluding carboxylic acids is 1. The number of amides is 1. The Labute approximate surface area is 239 Å². The van der Waals surface area contributed by atoms with Crippen LogP contribution < -0.4 is 4.90 Å². The van der Waals surface area contributed by atoms with Gasteiger partial charge in [0.05, 0.1) is 6.54 Å². The predicted octanol–water partition coefficient (Wildman–Crippen LogP) is 5.23. The number of nitrogens with zero attached hydrogens (tertiary/aromatic N) is 6. The van der Waals surface area contributed by atoms with Crippen LogP contribution in [0.4, 0.5) is 5.69 Å². The molecule has 0 bridgehead atoms. The molecule has 2 fully saturated rings. The molecule has 212 valence electrons. The van der Waals surface area contributed by atoms with E-state index >= 15 is 0 Å². The fraction of sp³-hybridized carbons (Fsp3) is 0.545. The second kappa shape index (κ2) is 10.7. The summed E-state index contributed by atoms with van der Waals surface area (Å²) in [4.78, 5) is 20.9. The van der Waals surface area contributed by atoms with E-state index in [4.69, 9.17) is 0 Å². The van der Waals surface area contributed by atoms with Crippen molar-refractivity contribution in [2.24, 2.45) is 24.8 Å². The number of anilines is 1. The molecule has 1 saturated carbocycles. The van der Waals surface area contributed by atoms with Crippen LogP contribution >= 0.6 is 0 Å². The number of hydrogen-bond donors (Lipinski definition) is 0. The maximum Gasteiger partial charge on any atom is 0.258 e. The van der Waals surface area contributed by atoms with Crippen molar-refractivity contribution in [2.75, 3.05) is 31.6 Å². The van der Waals surface area contributed by atoms with Crippen molar-refractivity contribution in [1.29, 1.82) is 0 Å². The molecule has 3 heterocycles. The first-order chi connectivity index (χ1) is 19.2. The minimum Gasteiger partial charge on any atom is -0.320 e. The van der Waals surface area contributed by atoms with Gasteiger partial charge in [-0.25, -0.2) is 0 Å². The molecule has 0 spiro atoms. The number of rotatable bonds is 7. The van der Waals surface area contributed by atoms with E-state index in [0.29, 0.717) is 24.4 Å². The van der Waals surface area contributed by atoms with Gasteiger partial charge in [0.25, 0.3) is 5.91 Å². The smallest absolute Gasteiger partial charge is 0.258 e. The van der Waals surface area contributed by atoms with Gasteiger partial charge in [0, 0.05) is 56.4 Å². The van der Waals surface area contributed by atoms with E-state index in [9.17, 15) is 4.79 Å². The molecule has 6 rings (SSSR count). The number of carbonyl (C=O) groups is 1. The number of likely N-dealkylation sites (N-methyl/N-ethyl adjacent to an activating group) is 1. The Morgan fingerprint density at radius 1 is 1.07 bits per heavy atom. The second-order valence-corrected chi connectivity index (χ2v) is 13.1. The van der Waals surface area contributed by atoms with Gasteiger partial charge in [-0.1, -0.05) is 39.0 Å². The topological polar surface area (TPSA) is 57.5 Å². The molecule has 2 aromatic carbocycles. The van der Waals surface area contributed by atoms with Gasteiger partial charge in [-0.05, 0) is 85.0 Å². The molecule has 7 heteroatoms. The van der Waals surface area contributed by atoms with Crippen LogP contribution in [0.1, 0.15) is 78.0 Å². The van der Waals surface area contributed by atoms with Gasteiger partial charge in [0.15, 0.2) is 0 Å². The molecule has 3 aliphatic rings. The van der Waals surface area contributed by atoms with Crippen molar-refractivity contribution in [3.63, 3.8) is 0 Å². The van der Waals surface area contributed by atoms with Gasteiger partial charge < -0.3 is 14.4 Å². The first-order valence-electron chi connectivity index (χ1n) is 15.0. The van der Waals surface area contributed by atoms with Crippen LogP contribution in [0.5, 0.6) is 0 Å². The molecule has 2 aliphatic heterocycles. The van der Waals surface area contributed by atoms with E-state index in [1.807, 2.05) is 16.5 Å². The van der Waals surface area contributed by atoms with Crippen molar-refractivity contribution in [1.82, 2.24) is 24.6 Å². The summed E-state index contributed by atoms with van der Waals surface area (Å²) >= 11 is 0. The van der Waals surface area contributed by atoms with Crippen LogP contribution in [0, 0.1) is 24.7 Å². The van der Waals surface area contributed by atoms with E-state index in [2.05, 4.69) is 91.1 Å². The van der Waals surface area contributed by atoms with E-state index in [1.54, 1.807) is 6.33 Å². The summed E-state index contributed by atoms with van der Waals surface area (Å²) in [5, 5.41) is 8.70.